The molecule has 23 heavy (non-hydrogen) atoms. The number of carboxylic acids is 1. The van der Waals surface area contributed by atoms with Gasteiger partial charge in [-0.05, 0) is 24.5 Å². The fourth-order valence-corrected chi connectivity index (χ4v) is 2.97. The first kappa shape index (κ1) is 15.6. The van der Waals surface area contributed by atoms with Crippen LogP contribution in [0.2, 0.25) is 0 Å². The van der Waals surface area contributed by atoms with E-state index in [1.165, 1.54) is 0 Å². The van der Waals surface area contributed by atoms with Crippen molar-refractivity contribution in [1.29, 1.82) is 0 Å². The van der Waals surface area contributed by atoms with E-state index in [9.17, 15) is 14.7 Å². The summed E-state index contributed by atoms with van der Waals surface area (Å²) in [6.07, 6.45) is 3.35. The number of fused-ring (bicyclic) bond motifs is 1. The zero-order chi connectivity index (χ0) is 16.2. The van der Waals surface area contributed by atoms with Crippen LogP contribution in [0.4, 0.5) is 0 Å². The SMILES string of the molecule is O=C(N[C@@H](Cc1c[nH]c2ccccc12)C(=O)O)C1CCOCC1. The second-order valence-corrected chi connectivity index (χ2v) is 5.85. The molecule has 1 fully saturated rings. The Balaban J connectivity index is 1.71. The molecule has 1 aromatic carbocycles. The molecule has 1 aliphatic heterocycles. The quantitative estimate of drug-likeness (QED) is 0.783. The van der Waals surface area contributed by atoms with E-state index >= 15 is 0 Å². The van der Waals surface area contributed by atoms with Crippen LogP contribution in [0.5, 0.6) is 0 Å². The van der Waals surface area contributed by atoms with E-state index in [0.29, 0.717) is 26.1 Å². The predicted octanol–water partition coefficient (Wildman–Crippen LogP) is 1.71. The van der Waals surface area contributed by atoms with E-state index in [0.717, 1.165) is 16.5 Å². The third-order valence-corrected chi connectivity index (χ3v) is 4.31. The van der Waals surface area contributed by atoms with E-state index in [-0.39, 0.29) is 18.2 Å². The van der Waals surface area contributed by atoms with Crippen LogP contribution in [0.15, 0.2) is 30.5 Å². The summed E-state index contributed by atoms with van der Waals surface area (Å²) in [6, 6.07) is 6.79. The maximum atomic E-state index is 12.3. The van der Waals surface area contributed by atoms with E-state index in [2.05, 4.69) is 10.3 Å². The first-order valence-corrected chi connectivity index (χ1v) is 7.81. The Morgan fingerprint density at radius 2 is 2.04 bits per heavy atom. The summed E-state index contributed by atoms with van der Waals surface area (Å²) in [5.41, 5.74) is 1.85. The molecule has 1 saturated heterocycles. The Bertz CT molecular complexity index is 703. The summed E-state index contributed by atoms with van der Waals surface area (Å²) in [5, 5.41) is 13.1. The normalized spacial score (nSPS) is 17.0. The largest absolute Gasteiger partial charge is 0.480 e. The lowest BCUT2D eigenvalue weighted by Gasteiger charge is -2.23. The molecule has 1 aliphatic rings. The topological polar surface area (TPSA) is 91.4 Å². The molecule has 0 aliphatic carbocycles. The number of benzene rings is 1. The van der Waals surface area contributed by atoms with Gasteiger partial charge in [-0.3, -0.25) is 4.79 Å². The molecule has 1 amide bonds. The number of aromatic nitrogens is 1. The highest BCUT2D eigenvalue weighted by Gasteiger charge is 2.27. The van der Waals surface area contributed by atoms with Crippen LogP contribution in [-0.2, 0) is 20.7 Å². The van der Waals surface area contributed by atoms with Crippen molar-refractivity contribution in [1.82, 2.24) is 10.3 Å². The molecular formula is C17H20N2O4. The summed E-state index contributed by atoms with van der Waals surface area (Å²) in [7, 11) is 0. The Hall–Kier alpha value is -2.34. The van der Waals surface area contributed by atoms with Crippen molar-refractivity contribution in [3.05, 3.63) is 36.0 Å². The molecule has 0 saturated carbocycles. The predicted molar refractivity (Wildman–Crippen MR) is 85.1 cm³/mol. The summed E-state index contributed by atoms with van der Waals surface area (Å²) < 4.78 is 5.24. The van der Waals surface area contributed by atoms with Gasteiger partial charge in [-0.25, -0.2) is 4.79 Å². The van der Waals surface area contributed by atoms with Crippen LogP contribution >= 0.6 is 0 Å². The highest BCUT2D eigenvalue weighted by molar-refractivity contribution is 5.87. The van der Waals surface area contributed by atoms with Crippen molar-refractivity contribution < 1.29 is 19.4 Å². The van der Waals surface area contributed by atoms with E-state index in [4.69, 9.17) is 4.74 Å². The molecule has 3 rings (SSSR count). The summed E-state index contributed by atoms with van der Waals surface area (Å²) >= 11 is 0. The van der Waals surface area contributed by atoms with Gasteiger partial charge in [0.25, 0.3) is 0 Å². The van der Waals surface area contributed by atoms with Crippen molar-refractivity contribution in [3.63, 3.8) is 0 Å². The number of hydrogen-bond donors (Lipinski definition) is 3. The van der Waals surface area contributed by atoms with Gasteiger partial charge < -0.3 is 20.1 Å². The molecule has 6 heteroatoms. The number of carbonyl (C=O) groups is 2. The number of nitrogens with one attached hydrogen (secondary N) is 2. The van der Waals surface area contributed by atoms with Crippen molar-refractivity contribution in [3.8, 4) is 0 Å². The van der Waals surface area contributed by atoms with Gasteiger partial charge in [0.15, 0.2) is 0 Å². The lowest BCUT2D eigenvalue weighted by Crippen LogP contribution is -2.45. The first-order chi connectivity index (χ1) is 11.1. The Morgan fingerprint density at radius 3 is 2.78 bits per heavy atom. The molecule has 0 radical (unpaired) electrons. The van der Waals surface area contributed by atoms with Crippen molar-refractivity contribution in [2.75, 3.05) is 13.2 Å². The van der Waals surface area contributed by atoms with Gasteiger partial charge in [-0.15, -0.1) is 0 Å². The molecule has 6 nitrogen and oxygen atoms in total. The van der Waals surface area contributed by atoms with Crippen molar-refractivity contribution in [2.24, 2.45) is 5.92 Å². The molecule has 1 aromatic heterocycles. The third kappa shape index (κ3) is 3.53. The minimum atomic E-state index is -1.02. The van der Waals surface area contributed by atoms with Gasteiger partial charge in [-0.2, -0.15) is 0 Å². The van der Waals surface area contributed by atoms with Gasteiger partial charge in [-0.1, -0.05) is 18.2 Å². The van der Waals surface area contributed by atoms with Gasteiger partial charge in [0.2, 0.25) is 5.91 Å². The second kappa shape index (κ2) is 6.83. The number of ether oxygens (including phenoxy) is 1. The highest BCUT2D eigenvalue weighted by Crippen LogP contribution is 2.20. The number of para-hydroxylation sites is 1. The maximum absolute atomic E-state index is 12.3. The number of hydrogen-bond acceptors (Lipinski definition) is 3. The lowest BCUT2D eigenvalue weighted by molar-refractivity contribution is -0.143. The molecule has 0 unspecified atom stereocenters. The molecule has 0 bridgehead atoms. The van der Waals surface area contributed by atoms with Crippen molar-refractivity contribution in [2.45, 2.75) is 25.3 Å². The van der Waals surface area contributed by atoms with Crippen LogP contribution in [0, 0.1) is 5.92 Å². The van der Waals surface area contributed by atoms with Crippen LogP contribution in [0.1, 0.15) is 18.4 Å². The molecule has 1 atom stereocenters. The molecule has 122 valence electrons. The Kier molecular flexibility index (Phi) is 4.62. The molecular weight excluding hydrogens is 296 g/mol. The average molecular weight is 316 g/mol. The van der Waals surface area contributed by atoms with Crippen LogP contribution < -0.4 is 5.32 Å². The Labute approximate surface area is 133 Å². The number of carbonyl (C=O) groups excluding carboxylic acids is 1. The van der Waals surface area contributed by atoms with Crippen LogP contribution in [-0.4, -0.2) is 41.2 Å². The number of aliphatic carboxylic acids is 1. The highest BCUT2D eigenvalue weighted by atomic mass is 16.5. The molecule has 0 spiro atoms. The smallest absolute Gasteiger partial charge is 0.326 e. The lowest BCUT2D eigenvalue weighted by atomic mass is 9.98. The van der Waals surface area contributed by atoms with Gasteiger partial charge in [0.1, 0.15) is 6.04 Å². The maximum Gasteiger partial charge on any atom is 0.326 e. The fourth-order valence-electron chi connectivity index (χ4n) is 2.97. The fraction of sp³-hybridized carbons (Fsp3) is 0.412. The van der Waals surface area contributed by atoms with Crippen LogP contribution in [0.25, 0.3) is 10.9 Å². The van der Waals surface area contributed by atoms with Crippen molar-refractivity contribution >= 4 is 22.8 Å². The van der Waals surface area contributed by atoms with E-state index in [1.54, 1.807) is 6.20 Å². The summed E-state index contributed by atoms with van der Waals surface area (Å²) in [6.45, 7) is 1.11. The Morgan fingerprint density at radius 1 is 1.30 bits per heavy atom. The van der Waals surface area contributed by atoms with Gasteiger partial charge >= 0.3 is 5.97 Å². The minimum Gasteiger partial charge on any atom is -0.480 e. The molecule has 3 N–H and O–H groups in total. The monoisotopic (exact) mass is 316 g/mol. The summed E-state index contributed by atoms with van der Waals surface area (Å²) in [4.78, 5) is 26.9. The number of rotatable bonds is 5. The first-order valence-electron chi connectivity index (χ1n) is 7.81. The molecule has 2 heterocycles. The zero-order valence-electron chi connectivity index (χ0n) is 12.7. The zero-order valence-corrected chi connectivity index (χ0v) is 12.7. The number of amides is 1. The van der Waals surface area contributed by atoms with Crippen LogP contribution in [0.3, 0.4) is 0 Å². The summed E-state index contributed by atoms with van der Waals surface area (Å²) in [5.74, 6) is -1.37. The second-order valence-electron chi connectivity index (χ2n) is 5.85. The van der Waals surface area contributed by atoms with E-state index < -0.39 is 12.0 Å². The number of H-pyrrole nitrogens is 1. The average Bonchev–Trinajstić information content (AvgIpc) is 2.98. The number of carboxylic acid groups (broad SMARTS) is 1. The standard InChI is InChI=1S/C17H20N2O4/c20-16(11-5-7-23-8-6-11)19-15(17(21)22)9-12-10-18-14-4-2-1-3-13(12)14/h1-4,10-11,15,18H,5-9H2,(H,19,20)(H,21,22)/t15-/m0/s1. The molecule has 2 aromatic rings. The number of aromatic amines is 1. The van der Waals surface area contributed by atoms with Gasteiger partial charge in [0.05, 0.1) is 0 Å². The van der Waals surface area contributed by atoms with E-state index in [1.807, 2.05) is 24.3 Å². The van der Waals surface area contributed by atoms with Gasteiger partial charge in [0, 0.05) is 42.7 Å². The minimum absolute atomic E-state index is 0.159. The third-order valence-electron chi connectivity index (χ3n) is 4.31.